The number of benzene rings is 2. The van der Waals surface area contributed by atoms with Crippen molar-refractivity contribution in [1.82, 2.24) is 0 Å². The average molecular weight is 278 g/mol. The lowest BCUT2D eigenvalue weighted by molar-refractivity contribution is 0.0994. The predicted molar refractivity (Wildman–Crippen MR) is 81.9 cm³/mol. The van der Waals surface area contributed by atoms with Crippen LogP contribution in [0.5, 0.6) is 5.75 Å². The molecule has 0 atom stereocenters. The molecule has 0 unspecified atom stereocenters. The van der Waals surface area contributed by atoms with Crippen molar-refractivity contribution in [3.05, 3.63) is 64.2 Å². The number of carbonyl (C=O) groups excluding carboxylic acids is 1. The number of hydrogen-bond acceptors (Lipinski definition) is 2. The van der Waals surface area contributed by atoms with Crippen molar-refractivity contribution in [1.29, 1.82) is 0 Å². The molecule has 21 heavy (non-hydrogen) atoms. The van der Waals surface area contributed by atoms with Crippen LogP contribution < -0.4 is 4.74 Å². The van der Waals surface area contributed by atoms with E-state index in [1.807, 2.05) is 18.2 Å². The molecule has 0 amide bonds. The van der Waals surface area contributed by atoms with E-state index in [0.29, 0.717) is 13.0 Å². The van der Waals surface area contributed by atoms with Gasteiger partial charge in [-0.25, -0.2) is 0 Å². The highest BCUT2D eigenvalue weighted by atomic mass is 16.5. The zero-order chi connectivity index (χ0) is 14.2. The van der Waals surface area contributed by atoms with E-state index in [9.17, 15) is 4.79 Å². The van der Waals surface area contributed by atoms with E-state index in [0.717, 1.165) is 23.3 Å². The van der Waals surface area contributed by atoms with E-state index < -0.39 is 0 Å². The van der Waals surface area contributed by atoms with Crippen molar-refractivity contribution in [2.24, 2.45) is 0 Å². The average Bonchev–Trinajstić information content (AvgIpc) is 3.11. The summed E-state index contributed by atoms with van der Waals surface area (Å²) in [6, 6.07) is 12.5. The summed E-state index contributed by atoms with van der Waals surface area (Å²) < 4.78 is 5.90. The summed E-state index contributed by atoms with van der Waals surface area (Å²) in [7, 11) is 0. The summed E-state index contributed by atoms with van der Waals surface area (Å²) in [5, 5.41) is 0. The molecule has 2 aromatic rings. The van der Waals surface area contributed by atoms with Crippen molar-refractivity contribution >= 4 is 5.78 Å². The molecule has 0 radical (unpaired) electrons. The Morgan fingerprint density at radius 2 is 1.76 bits per heavy atom. The lowest BCUT2D eigenvalue weighted by Gasteiger charge is -2.09. The van der Waals surface area contributed by atoms with Crippen LogP contribution in [0.2, 0.25) is 0 Å². The van der Waals surface area contributed by atoms with Gasteiger partial charge in [0, 0.05) is 12.0 Å². The molecule has 106 valence electrons. The molecule has 0 N–H and O–H groups in total. The molecule has 2 heteroatoms. The minimum absolute atomic E-state index is 0.259. The van der Waals surface area contributed by atoms with Crippen LogP contribution in [-0.2, 0) is 25.9 Å². The fourth-order valence-corrected chi connectivity index (χ4v) is 3.40. The SMILES string of the molecule is O=C1CCc2cc(OCc3ccc4c(c3)CCC4)ccc21. The third kappa shape index (κ3) is 2.35. The summed E-state index contributed by atoms with van der Waals surface area (Å²) in [6.07, 6.45) is 5.19. The second-order valence-electron chi connectivity index (χ2n) is 5.99. The minimum atomic E-state index is 0.259. The smallest absolute Gasteiger partial charge is 0.163 e. The zero-order valence-corrected chi connectivity index (χ0v) is 12.0. The van der Waals surface area contributed by atoms with Crippen molar-refractivity contribution in [3.63, 3.8) is 0 Å². The highest BCUT2D eigenvalue weighted by Crippen LogP contribution is 2.27. The molecule has 0 bridgehead atoms. The van der Waals surface area contributed by atoms with Gasteiger partial charge in [0.05, 0.1) is 0 Å². The van der Waals surface area contributed by atoms with Crippen LogP contribution >= 0.6 is 0 Å². The molecule has 0 fully saturated rings. The van der Waals surface area contributed by atoms with Gasteiger partial charge in [-0.15, -0.1) is 0 Å². The quantitative estimate of drug-likeness (QED) is 0.851. The maximum Gasteiger partial charge on any atom is 0.163 e. The number of hydrogen-bond donors (Lipinski definition) is 0. The molecular weight excluding hydrogens is 260 g/mol. The highest BCUT2D eigenvalue weighted by molar-refractivity contribution is 6.00. The van der Waals surface area contributed by atoms with Crippen molar-refractivity contribution in [2.45, 2.75) is 38.7 Å². The molecule has 0 saturated heterocycles. The van der Waals surface area contributed by atoms with Crippen molar-refractivity contribution in [3.8, 4) is 5.75 Å². The molecule has 0 aliphatic heterocycles. The first-order valence-corrected chi connectivity index (χ1v) is 7.69. The first-order chi connectivity index (χ1) is 10.3. The van der Waals surface area contributed by atoms with Gasteiger partial charge in [-0.2, -0.15) is 0 Å². The topological polar surface area (TPSA) is 26.3 Å². The molecule has 2 aliphatic carbocycles. The number of ether oxygens (including phenoxy) is 1. The Morgan fingerprint density at radius 3 is 2.71 bits per heavy atom. The number of fused-ring (bicyclic) bond motifs is 2. The second kappa shape index (κ2) is 5.03. The molecular formula is C19H18O2. The Hall–Kier alpha value is -2.09. The Balaban J connectivity index is 1.49. The zero-order valence-electron chi connectivity index (χ0n) is 12.0. The van der Waals surface area contributed by atoms with Gasteiger partial charge in [0.1, 0.15) is 12.4 Å². The number of Topliss-reactive ketones (excluding diaryl/α,β-unsaturated/α-hetero) is 1. The Bertz CT molecular complexity index is 716. The summed E-state index contributed by atoms with van der Waals surface area (Å²) >= 11 is 0. The monoisotopic (exact) mass is 278 g/mol. The van der Waals surface area contributed by atoms with E-state index in [1.165, 1.54) is 36.0 Å². The Labute approximate surface area is 124 Å². The van der Waals surface area contributed by atoms with E-state index >= 15 is 0 Å². The third-order valence-electron chi connectivity index (χ3n) is 4.57. The highest BCUT2D eigenvalue weighted by Gasteiger charge is 2.19. The van der Waals surface area contributed by atoms with Gasteiger partial charge in [0.25, 0.3) is 0 Å². The summed E-state index contributed by atoms with van der Waals surface area (Å²) in [4.78, 5) is 11.6. The molecule has 0 spiro atoms. The molecule has 4 rings (SSSR count). The molecule has 0 saturated carbocycles. The standard InChI is InChI=1S/C19H18O2/c20-19-9-6-16-11-17(7-8-18(16)19)21-12-13-4-5-14-2-1-3-15(14)10-13/h4-5,7-8,10-11H,1-3,6,9,12H2. The van der Waals surface area contributed by atoms with E-state index in [-0.39, 0.29) is 5.78 Å². The molecule has 2 aromatic carbocycles. The van der Waals surface area contributed by atoms with Crippen molar-refractivity contribution < 1.29 is 9.53 Å². The van der Waals surface area contributed by atoms with Crippen LogP contribution in [0, 0.1) is 0 Å². The Morgan fingerprint density at radius 1 is 0.857 bits per heavy atom. The second-order valence-corrected chi connectivity index (χ2v) is 5.99. The normalized spacial score (nSPS) is 15.9. The van der Waals surface area contributed by atoms with Gasteiger partial charge in [-0.1, -0.05) is 18.2 Å². The maximum absolute atomic E-state index is 11.6. The summed E-state index contributed by atoms with van der Waals surface area (Å²) in [5.41, 5.74) is 6.21. The molecule has 0 heterocycles. The number of rotatable bonds is 3. The first kappa shape index (κ1) is 12.6. The van der Waals surface area contributed by atoms with E-state index in [4.69, 9.17) is 4.74 Å². The number of ketones is 1. The van der Waals surface area contributed by atoms with Crippen LogP contribution in [0.15, 0.2) is 36.4 Å². The largest absolute Gasteiger partial charge is 0.489 e. The Kier molecular flexibility index (Phi) is 3.03. The van der Waals surface area contributed by atoms with Gasteiger partial charge in [-0.3, -0.25) is 4.79 Å². The molecule has 2 aliphatic rings. The fourth-order valence-electron chi connectivity index (χ4n) is 3.40. The number of carbonyl (C=O) groups is 1. The van der Waals surface area contributed by atoms with Crippen LogP contribution in [0.4, 0.5) is 0 Å². The van der Waals surface area contributed by atoms with Gasteiger partial charge in [0.15, 0.2) is 5.78 Å². The maximum atomic E-state index is 11.6. The predicted octanol–water partition coefficient (Wildman–Crippen LogP) is 3.88. The minimum Gasteiger partial charge on any atom is -0.489 e. The van der Waals surface area contributed by atoms with E-state index in [1.54, 1.807) is 0 Å². The summed E-state index contributed by atoms with van der Waals surface area (Å²) in [6.45, 7) is 0.597. The van der Waals surface area contributed by atoms with Gasteiger partial charge in [-0.05, 0) is 66.1 Å². The number of aryl methyl sites for hydroxylation is 3. The van der Waals surface area contributed by atoms with Gasteiger partial charge < -0.3 is 4.74 Å². The first-order valence-electron chi connectivity index (χ1n) is 7.69. The van der Waals surface area contributed by atoms with Crippen LogP contribution in [0.3, 0.4) is 0 Å². The lowest BCUT2D eigenvalue weighted by atomic mass is 10.1. The van der Waals surface area contributed by atoms with Gasteiger partial charge >= 0.3 is 0 Å². The third-order valence-corrected chi connectivity index (χ3v) is 4.57. The molecule has 0 aromatic heterocycles. The fraction of sp³-hybridized carbons (Fsp3) is 0.316. The lowest BCUT2D eigenvalue weighted by Crippen LogP contribution is -1.98. The van der Waals surface area contributed by atoms with Crippen LogP contribution in [-0.4, -0.2) is 5.78 Å². The summed E-state index contributed by atoms with van der Waals surface area (Å²) in [5.74, 6) is 1.12. The van der Waals surface area contributed by atoms with Crippen LogP contribution in [0.25, 0.3) is 0 Å². The van der Waals surface area contributed by atoms with Crippen LogP contribution in [0.1, 0.15) is 45.5 Å². The van der Waals surface area contributed by atoms with Gasteiger partial charge in [0.2, 0.25) is 0 Å². The van der Waals surface area contributed by atoms with Crippen molar-refractivity contribution in [2.75, 3.05) is 0 Å². The van der Waals surface area contributed by atoms with E-state index in [2.05, 4.69) is 18.2 Å². The molecule has 2 nitrogen and oxygen atoms in total.